The fourth-order valence-corrected chi connectivity index (χ4v) is 1.94. The van der Waals surface area contributed by atoms with Crippen LogP contribution in [0.4, 0.5) is 0 Å². The molecule has 1 heterocycles. The van der Waals surface area contributed by atoms with Crippen LogP contribution >= 0.6 is 0 Å². The summed E-state index contributed by atoms with van der Waals surface area (Å²) >= 11 is 0. The van der Waals surface area contributed by atoms with Crippen molar-refractivity contribution in [2.45, 2.75) is 33.1 Å². The van der Waals surface area contributed by atoms with E-state index in [2.05, 4.69) is 4.98 Å². The van der Waals surface area contributed by atoms with Crippen LogP contribution in [-0.2, 0) is 10.2 Å². The highest BCUT2D eigenvalue weighted by molar-refractivity contribution is 5.85. The van der Waals surface area contributed by atoms with E-state index < -0.39 is 11.4 Å². The standard InChI is InChI=1S/C15H17NO2/c1-9-5-6-11-10(2)8-13(16-12(11)7-9)15(3,4)14(17)18/h5-8H,1-4H3,(H,17,18). The first kappa shape index (κ1) is 12.6. The van der Waals surface area contributed by atoms with Gasteiger partial charge in [-0.25, -0.2) is 0 Å². The lowest BCUT2D eigenvalue weighted by Crippen LogP contribution is -2.29. The minimum absolute atomic E-state index is 0.602. The van der Waals surface area contributed by atoms with Gasteiger partial charge in [-0.1, -0.05) is 12.1 Å². The molecule has 0 saturated carbocycles. The molecule has 0 radical (unpaired) electrons. The Balaban J connectivity index is 2.72. The van der Waals surface area contributed by atoms with Crippen LogP contribution in [0.2, 0.25) is 0 Å². The summed E-state index contributed by atoms with van der Waals surface area (Å²) in [5, 5.41) is 10.3. The maximum Gasteiger partial charge on any atom is 0.315 e. The molecule has 0 aliphatic carbocycles. The minimum atomic E-state index is -0.970. The van der Waals surface area contributed by atoms with Crippen LogP contribution in [-0.4, -0.2) is 16.1 Å². The number of aryl methyl sites for hydroxylation is 2. The van der Waals surface area contributed by atoms with E-state index in [-0.39, 0.29) is 0 Å². The van der Waals surface area contributed by atoms with Crippen molar-refractivity contribution in [1.29, 1.82) is 0 Å². The predicted molar refractivity (Wildman–Crippen MR) is 71.9 cm³/mol. The molecule has 1 aromatic heterocycles. The normalized spacial score (nSPS) is 11.8. The maximum absolute atomic E-state index is 11.3. The van der Waals surface area contributed by atoms with Crippen molar-refractivity contribution in [2.24, 2.45) is 0 Å². The molecule has 18 heavy (non-hydrogen) atoms. The Bertz CT molecular complexity index is 630. The highest BCUT2D eigenvalue weighted by Crippen LogP contribution is 2.27. The summed E-state index contributed by atoms with van der Waals surface area (Å²) < 4.78 is 0. The van der Waals surface area contributed by atoms with Crippen molar-refractivity contribution < 1.29 is 9.90 Å². The Morgan fingerprint density at radius 1 is 1.22 bits per heavy atom. The lowest BCUT2D eigenvalue weighted by molar-refractivity contribution is -0.142. The van der Waals surface area contributed by atoms with Gasteiger partial charge in [0.2, 0.25) is 0 Å². The Morgan fingerprint density at radius 3 is 2.50 bits per heavy atom. The van der Waals surface area contributed by atoms with Gasteiger partial charge in [0.1, 0.15) is 5.41 Å². The average Bonchev–Trinajstić information content (AvgIpc) is 2.27. The van der Waals surface area contributed by atoms with E-state index in [9.17, 15) is 9.90 Å². The number of carbonyl (C=O) groups is 1. The number of pyridine rings is 1. The van der Waals surface area contributed by atoms with Gasteiger partial charge in [0, 0.05) is 5.39 Å². The van der Waals surface area contributed by atoms with Crippen LogP contribution in [0.15, 0.2) is 24.3 Å². The number of carboxylic acid groups (broad SMARTS) is 1. The highest BCUT2D eigenvalue weighted by Gasteiger charge is 2.31. The summed E-state index contributed by atoms with van der Waals surface area (Å²) in [6.45, 7) is 7.35. The van der Waals surface area contributed by atoms with Gasteiger partial charge < -0.3 is 5.11 Å². The quantitative estimate of drug-likeness (QED) is 0.881. The molecule has 1 N–H and O–H groups in total. The number of hydrogen-bond donors (Lipinski definition) is 1. The summed E-state index contributed by atoms with van der Waals surface area (Å²) in [5.74, 6) is -0.860. The van der Waals surface area contributed by atoms with Crippen LogP contribution in [0.3, 0.4) is 0 Å². The van der Waals surface area contributed by atoms with Crippen molar-refractivity contribution in [3.05, 3.63) is 41.1 Å². The van der Waals surface area contributed by atoms with E-state index >= 15 is 0 Å². The Morgan fingerprint density at radius 2 is 1.89 bits per heavy atom. The molecule has 3 nitrogen and oxygen atoms in total. The van der Waals surface area contributed by atoms with Crippen LogP contribution in [0.25, 0.3) is 10.9 Å². The monoisotopic (exact) mass is 243 g/mol. The zero-order valence-corrected chi connectivity index (χ0v) is 11.1. The molecule has 0 fully saturated rings. The van der Waals surface area contributed by atoms with Crippen LogP contribution < -0.4 is 0 Å². The number of aliphatic carboxylic acids is 1. The molecule has 0 bridgehead atoms. The Kier molecular flexibility index (Phi) is 2.85. The number of nitrogens with zero attached hydrogens (tertiary/aromatic N) is 1. The fraction of sp³-hybridized carbons (Fsp3) is 0.333. The molecule has 3 heteroatoms. The third kappa shape index (κ3) is 1.96. The molecule has 0 aliphatic heterocycles. The summed E-state index contributed by atoms with van der Waals surface area (Å²) in [6, 6.07) is 7.93. The number of aromatic nitrogens is 1. The topological polar surface area (TPSA) is 50.2 Å². The number of rotatable bonds is 2. The molecule has 2 rings (SSSR count). The lowest BCUT2D eigenvalue weighted by atomic mass is 9.87. The molecule has 0 unspecified atom stereocenters. The second-order valence-corrected chi connectivity index (χ2v) is 5.28. The van der Waals surface area contributed by atoms with Gasteiger partial charge in [-0.15, -0.1) is 0 Å². The molecule has 2 aromatic rings. The van der Waals surface area contributed by atoms with Gasteiger partial charge in [0.15, 0.2) is 0 Å². The first-order chi connectivity index (χ1) is 8.32. The molecular formula is C15H17NO2. The third-order valence-electron chi connectivity index (χ3n) is 3.35. The molecular weight excluding hydrogens is 226 g/mol. The van der Waals surface area contributed by atoms with E-state index in [4.69, 9.17) is 0 Å². The van der Waals surface area contributed by atoms with E-state index in [1.165, 1.54) is 0 Å². The zero-order chi connectivity index (χ0) is 13.5. The van der Waals surface area contributed by atoms with Gasteiger partial charge >= 0.3 is 5.97 Å². The molecule has 1 aromatic carbocycles. The van der Waals surface area contributed by atoms with Gasteiger partial charge in [0.05, 0.1) is 11.2 Å². The maximum atomic E-state index is 11.3. The smallest absolute Gasteiger partial charge is 0.315 e. The van der Waals surface area contributed by atoms with E-state index in [0.717, 1.165) is 22.0 Å². The van der Waals surface area contributed by atoms with Crippen molar-refractivity contribution in [3.8, 4) is 0 Å². The van der Waals surface area contributed by atoms with Crippen LogP contribution in [0.5, 0.6) is 0 Å². The largest absolute Gasteiger partial charge is 0.481 e. The van der Waals surface area contributed by atoms with Gasteiger partial charge in [-0.05, 0) is 51.0 Å². The number of fused-ring (bicyclic) bond motifs is 1. The summed E-state index contributed by atoms with van der Waals surface area (Å²) in [4.78, 5) is 15.8. The summed E-state index contributed by atoms with van der Waals surface area (Å²) in [5.41, 5.74) is 2.68. The van der Waals surface area contributed by atoms with Gasteiger partial charge in [0.25, 0.3) is 0 Å². The van der Waals surface area contributed by atoms with Crippen molar-refractivity contribution in [1.82, 2.24) is 4.98 Å². The minimum Gasteiger partial charge on any atom is -0.481 e. The molecule has 94 valence electrons. The molecule has 0 saturated heterocycles. The number of carboxylic acids is 1. The highest BCUT2D eigenvalue weighted by atomic mass is 16.4. The molecule has 0 spiro atoms. The number of benzene rings is 1. The predicted octanol–water partition coefficient (Wildman–Crippen LogP) is 3.21. The second-order valence-electron chi connectivity index (χ2n) is 5.28. The lowest BCUT2D eigenvalue weighted by Gasteiger charge is -2.20. The SMILES string of the molecule is Cc1ccc2c(C)cc(C(C)(C)C(=O)O)nc2c1. The second kappa shape index (κ2) is 4.09. The first-order valence-corrected chi connectivity index (χ1v) is 5.94. The first-order valence-electron chi connectivity index (χ1n) is 5.94. The average molecular weight is 243 g/mol. The van der Waals surface area contributed by atoms with Crippen LogP contribution in [0, 0.1) is 13.8 Å². The Labute approximate surface area is 106 Å². The van der Waals surface area contributed by atoms with Crippen molar-refractivity contribution in [3.63, 3.8) is 0 Å². The fourth-order valence-electron chi connectivity index (χ4n) is 1.94. The summed E-state index contributed by atoms with van der Waals surface area (Å²) in [6.07, 6.45) is 0. The molecule has 0 aliphatic rings. The summed E-state index contributed by atoms with van der Waals surface area (Å²) in [7, 11) is 0. The zero-order valence-electron chi connectivity index (χ0n) is 11.1. The van der Waals surface area contributed by atoms with E-state index in [1.807, 2.05) is 38.1 Å². The van der Waals surface area contributed by atoms with Gasteiger partial charge in [-0.3, -0.25) is 9.78 Å². The number of hydrogen-bond acceptors (Lipinski definition) is 2. The molecule has 0 amide bonds. The Hall–Kier alpha value is -1.90. The van der Waals surface area contributed by atoms with Gasteiger partial charge in [-0.2, -0.15) is 0 Å². The van der Waals surface area contributed by atoms with E-state index in [0.29, 0.717) is 5.69 Å². The van der Waals surface area contributed by atoms with Crippen molar-refractivity contribution in [2.75, 3.05) is 0 Å². The van der Waals surface area contributed by atoms with Crippen LogP contribution in [0.1, 0.15) is 30.7 Å². The molecule has 0 atom stereocenters. The third-order valence-corrected chi connectivity index (χ3v) is 3.35. The van der Waals surface area contributed by atoms with E-state index in [1.54, 1.807) is 13.8 Å². The van der Waals surface area contributed by atoms with Crippen molar-refractivity contribution >= 4 is 16.9 Å².